The van der Waals surface area contributed by atoms with Gasteiger partial charge in [-0.15, -0.1) is 0 Å². The number of anilines is 1. The van der Waals surface area contributed by atoms with Crippen molar-refractivity contribution in [2.45, 2.75) is 20.0 Å². The Hall–Kier alpha value is -1.89. The highest BCUT2D eigenvalue weighted by Gasteiger charge is 2.04. The van der Waals surface area contributed by atoms with Gasteiger partial charge in [0, 0.05) is 18.9 Å². The number of hydrogen-bond donors (Lipinski definition) is 1. The van der Waals surface area contributed by atoms with Gasteiger partial charge in [0.1, 0.15) is 4.60 Å². The standard InChI is InChI=1S/C12H13BrN6/c1-2-18-7-9(3-17-18)14-4-10-5-16-12-6-15-11(13)8-19(10)12/h3,5-8,14H,2,4H2,1H3. The first-order chi connectivity index (χ1) is 9.26. The zero-order valence-corrected chi connectivity index (χ0v) is 12.0. The lowest BCUT2D eigenvalue weighted by Gasteiger charge is -2.03. The number of nitrogens with one attached hydrogen (secondary N) is 1. The first-order valence-corrected chi connectivity index (χ1v) is 6.79. The van der Waals surface area contributed by atoms with Crippen LogP contribution in [0.15, 0.2) is 35.6 Å². The highest BCUT2D eigenvalue weighted by Crippen LogP contribution is 2.12. The van der Waals surface area contributed by atoms with Crippen molar-refractivity contribution in [3.05, 3.63) is 41.3 Å². The second-order valence-electron chi connectivity index (χ2n) is 4.13. The van der Waals surface area contributed by atoms with Gasteiger partial charge in [0.2, 0.25) is 0 Å². The summed E-state index contributed by atoms with van der Waals surface area (Å²) in [5, 5.41) is 7.56. The van der Waals surface area contributed by atoms with Gasteiger partial charge in [0.25, 0.3) is 0 Å². The van der Waals surface area contributed by atoms with E-state index in [1.54, 1.807) is 6.20 Å². The minimum Gasteiger partial charge on any atom is -0.377 e. The number of imidazole rings is 1. The molecular weight excluding hydrogens is 308 g/mol. The van der Waals surface area contributed by atoms with Crippen LogP contribution < -0.4 is 5.32 Å². The molecule has 3 heterocycles. The van der Waals surface area contributed by atoms with Crippen molar-refractivity contribution >= 4 is 27.3 Å². The van der Waals surface area contributed by atoms with Gasteiger partial charge in [0.05, 0.1) is 36.5 Å². The molecule has 0 spiro atoms. The normalized spacial score (nSPS) is 11.1. The Bertz CT molecular complexity index is 701. The molecule has 7 heteroatoms. The summed E-state index contributed by atoms with van der Waals surface area (Å²) in [4.78, 5) is 8.47. The summed E-state index contributed by atoms with van der Waals surface area (Å²) in [6, 6.07) is 0. The monoisotopic (exact) mass is 320 g/mol. The number of aryl methyl sites for hydroxylation is 1. The number of rotatable bonds is 4. The molecule has 0 aliphatic heterocycles. The van der Waals surface area contributed by atoms with Crippen LogP contribution in [0, 0.1) is 0 Å². The van der Waals surface area contributed by atoms with Crippen LogP contribution in [0.4, 0.5) is 5.69 Å². The highest BCUT2D eigenvalue weighted by molar-refractivity contribution is 9.10. The molecule has 0 radical (unpaired) electrons. The van der Waals surface area contributed by atoms with Crippen molar-refractivity contribution in [1.29, 1.82) is 0 Å². The van der Waals surface area contributed by atoms with Gasteiger partial charge in [0.15, 0.2) is 5.65 Å². The van der Waals surface area contributed by atoms with Crippen LogP contribution >= 0.6 is 15.9 Å². The van der Waals surface area contributed by atoms with Crippen LogP contribution in [-0.4, -0.2) is 24.1 Å². The third kappa shape index (κ3) is 2.46. The molecular formula is C12H13BrN6. The topological polar surface area (TPSA) is 60.0 Å². The van der Waals surface area contributed by atoms with E-state index in [0.717, 1.165) is 28.2 Å². The van der Waals surface area contributed by atoms with Crippen molar-refractivity contribution in [2.24, 2.45) is 0 Å². The molecule has 0 aliphatic rings. The second kappa shape index (κ2) is 5.00. The van der Waals surface area contributed by atoms with Gasteiger partial charge in [-0.25, -0.2) is 9.97 Å². The zero-order chi connectivity index (χ0) is 13.2. The Kier molecular flexibility index (Phi) is 3.20. The lowest BCUT2D eigenvalue weighted by Crippen LogP contribution is -2.02. The molecule has 3 rings (SSSR count). The van der Waals surface area contributed by atoms with Gasteiger partial charge < -0.3 is 5.32 Å². The summed E-state index contributed by atoms with van der Waals surface area (Å²) >= 11 is 3.37. The van der Waals surface area contributed by atoms with E-state index in [1.807, 2.05) is 33.9 Å². The molecule has 0 atom stereocenters. The summed E-state index contributed by atoms with van der Waals surface area (Å²) in [5.41, 5.74) is 2.91. The quantitative estimate of drug-likeness (QED) is 0.801. The van der Waals surface area contributed by atoms with Gasteiger partial charge in [-0.2, -0.15) is 5.10 Å². The van der Waals surface area contributed by atoms with Gasteiger partial charge in [-0.3, -0.25) is 9.08 Å². The van der Waals surface area contributed by atoms with Crippen molar-refractivity contribution in [3.63, 3.8) is 0 Å². The van der Waals surface area contributed by atoms with Crippen molar-refractivity contribution in [1.82, 2.24) is 24.1 Å². The summed E-state index contributed by atoms with van der Waals surface area (Å²) in [7, 11) is 0. The number of halogens is 1. The summed E-state index contributed by atoms with van der Waals surface area (Å²) in [5.74, 6) is 0. The van der Waals surface area contributed by atoms with E-state index in [-0.39, 0.29) is 0 Å². The third-order valence-electron chi connectivity index (χ3n) is 2.87. The molecule has 0 unspecified atom stereocenters. The molecule has 6 nitrogen and oxygen atoms in total. The number of nitrogens with zero attached hydrogens (tertiary/aromatic N) is 5. The molecule has 0 aromatic carbocycles. The molecule has 98 valence electrons. The Balaban J connectivity index is 1.79. The van der Waals surface area contributed by atoms with Crippen LogP contribution in [-0.2, 0) is 13.1 Å². The molecule has 0 bridgehead atoms. The Morgan fingerprint density at radius 1 is 1.21 bits per heavy atom. The predicted octanol–water partition coefficient (Wildman–Crippen LogP) is 2.32. The molecule has 3 aromatic heterocycles. The van der Waals surface area contributed by atoms with Crippen LogP contribution in [0.5, 0.6) is 0 Å². The lowest BCUT2D eigenvalue weighted by molar-refractivity contribution is 0.660. The van der Waals surface area contributed by atoms with Crippen LogP contribution in [0.25, 0.3) is 5.65 Å². The smallest absolute Gasteiger partial charge is 0.155 e. The van der Waals surface area contributed by atoms with E-state index < -0.39 is 0 Å². The van der Waals surface area contributed by atoms with Crippen molar-refractivity contribution in [2.75, 3.05) is 5.32 Å². The molecule has 19 heavy (non-hydrogen) atoms. The van der Waals surface area contributed by atoms with Gasteiger partial charge in [-0.05, 0) is 22.9 Å². The van der Waals surface area contributed by atoms with Gasteiger partial charge >= 0.3 is 0 Å². The molecule has 0 saturated heterocycles. The van der Waals surface area contributed by atoms with E-state index in [1.165, 1.54) is 0 Å². The molecule has 3 aromatic rings. The first-order valence-electron chi connectivity index (χ1n) is 6.00. The highest BCUT2D eigenvalue weighted by atomic mass is 79.9. The first kappa shape index (κ1) is 12.2. The van der Waals surface area contributed by atoms with Crippen LogP contribution in [0.1, 0.15) is 12.6 Å². The van der Waals surface area contributed by atoms with Crippen molar-refractivity contribution < 1.29 is 0 Å². The average molecular weight is 321 g/mol. The molecule has 1 N–H and O–H groups in total. The Morgan fingerprint density at radius 2 is 2.11 bits per heavy atom. The fraction of sp³-hybridized carbons (Fsp3) is 0.250. The lowest BCUT2D eigenvalue weighted by atomic mass is 10.4. The minimum atomic E-state index is 0.688. The maximum atomic E-state index is 4.31. The van der Waals surface area contributed by atoms with Crippen LogP contribution in [0.2, 0.25) is 0 Å². The summed E-state index contributed by atoms with van der Waals surface area (Å²) in [6.07, 6.45) is 9.31. The minimum absolute atomic E-state index is 0.688. The fourth-order valence-electron chi connectivity index (χ4n) is 1.87. The summed E-state index contributed by atoms with van der Waals surface area (Å²) < 4.78 is 4.68. The van der Waals surface area contributed by atoms with Crippen molar-refractivity contribution in [3.8, 4) is 0 Å². The van der Waals surface area contributed by atoms with Gasteiger partial charge in [-0.1, -0.05) is 0 Å². The number of fused-ring (bicyclic) bond motifs is 1. The molecule has 0 saturated carbocycles. The molecule has 0 amide bonds. The maximum absolute atomic E-state index is 4.31. The molecule has 0 fully saturated rings. The van der Waals surface area contributed by atoms with E-state index in [9.17, 15) is 0 Å². The largest absolute Gasteiger partial charge is 0.377 e. The SMILES string of the molecule is CCn1cc(NCc2cnc3cnc(Br)cn23)cn1. The van der Waals surface area contributed by atoms with E-state index in [0.29, 0.717) is 6.54 Å². The van der Waals surface area contributed by atoms with E-state index in [2.05, 4.69) is 43.2 Å². The maximum Gasteiger partial charge on any atom is 0.155 e. The zero-order valence-electron chi connectivity index (χ0n) is 10.4. The average Bonchev–Trinajstić information content (AvgIpc) is 3.02. The fourth-order valence-corrected chi connectivity index (χ4v) is 2.17. The van der Waals surface area contributed by atoms with Crippen LogP contribution in [0.3, 0.4) is 0 Å². The van der Waals surface area contributed by atoms with E-state index in [4.69, 9.17) is 0 Å². The number of aromatic nitrogens is 5. The molecule has 0 aliphatic carbocycles. The number of hydrogen-bond acceptors (Lipinski definition) is 4. The third-order valence-corrected chi connectivity index (χ3v) is 3.28. The van der Waals surface area contributed by atoms with E-state index >= 15 is 0 Å². The Morgan fingerprint density at radius 3 is 2.89 bits per heavy atom. The second-order valence-corrected chi connectivity index (χ2v) is 4.94. The Labute approximate surface area is 118 Å². The summed E-state index contributed by atoms with van der Waals surface area (Å²) in [6.45, 7) is 3.62. The predicted molar refractivity (Wildman–Crippen MR) is 75.9 cm³/mol.